The van der Waals surface area contributed by atoms with Gasteiger partial charge in [-0.15, -0.1) is 0 Å². The van der Waals surface area contributed by atoms with Crippen LogP contribution in [-0.4, -0.2) is 32.3 Å². The van der Waals surface area contributed by atoms with Crippen molar-refractivity contribution in [1.29, 1.82) is 0 Å². The second-order valence-electron chi connectivity index (χ2n) is 4.73. The third kappa shape index (κ3) is 4.09. The molecule has 0 amide bonds. The van der Waals surface area contributed by atoms with Crippen LogP contribution in [0.15, 0.2) is 18.2 Å². The smallest absolute Gasteiger partial charge is 0.302 e. The average molecular weight is 318 g/mol. The first kappa shape index (κ1) is 15.6. The molecule has 2 rings (SSSR count). The van der Waals surface area contributed by atoms with Gasteiger partial charge in [-0.1, -0.05) is 29.3 Å². The minimum absolute atomic E-state index is 0.0404. The standard InChI is InChI=1S/C14H17Cl2NO3/c1-9(18)20-8-11-7-17-4-5-19-14(11)10-2-3-12(15)13(16)6-10/h2-3,6,11,14,17H,4-5,7-8H2,1H3/t11-,14?/m1/s1. The maximum absolute atomic E-state index is 11.0. The van der Waals surface area contributed by atoms with E-state index in [4.69, 9.17) is 32.7 Å². The van der Waals surface area contributed by atoms with E-state index in [1.165, 1.54) is 6.92 Å². The summed E-state index contributed by atoms with van der Waals surface area (Å²) in [7, 11) is 0. The number of benzene rings is 1. The topological polar surface area (TPSA) is 47.6 Å². The molecule has 1 saturated heterocycles. The van der Waals surface area contributed by atoms with Gasteiger partial charge in [-0.05, 0) is 17.7 Å². The fourth-order valence-electron chi connectivity index (χ4n) is 2.22. The second kappa shape index (κ2) is 7.27. The van der Waals surface area contributed by atoms with Gasteiger partial charge < -0.3 is 14.8 Å². The third-order valence-corrected chi connectivity index (χ3v) is 3.92. The molecule has 0 spiro atoms. The molecular formula is C14H17Cl2NO3. The Bertz CT molecular complexity index is 481. The average Bonchev–Trinajstić information content (AvgIpc) is 2.65. The molecule has 0 radical (unpaired) electrons. The van der Waals surface area contributed by atoms with Gasteiger partial charge in [-0.25, -0.2) is 0 Å². The molecule has 2 atom stereocenters. The number of hydrogen-bond donors (Lipinski definition) is 1. The molecule has 1 aromatic carbocycles. The first-order valence-electron chi connectivity index (χ1n) is 6.48. The van der Waals surface area contributed by atoms with Gasteiger partial charge in [0.25, 0.3) is 0 Å². The van der Waals surface area contributed by atoms with Gasteiger partial charge in [-0.2, -0.15) is 0 Å². The maximum atomic E-state index is 11.0. The Morgan fingerprint density at radius 1 is 1.45 bits per heavy atom. The maximum Gasteiger partial charge on any atom is 0.302 e. The fraction of sp³-hybridized carbons (Fsp3) is 0.500. The monoisotopic (exact) mass is 317 g/mol. The largest absolute Gasteiger partial charge is 0.465 e. The molecule has 110 valence electrons. The van der Waals surface area contributed by atoms with Gasteiger partial charge in [0, 0.05) is 25.9 Å². The van der Waals surface area contributed by atoms with Crippen molar-refractivity contribution in [2.75, 3.05) is 26.3 Å². The van der Waals surface area contributed by atoms with Crippen molar-refractivity contribution in [3.8, 4) is 0 Å². The van der Waals surface area contributed by atoms with E-state index >= 15 is 0 Å². The highest BCUT2D eigenvalue weighted by Gasteiger charge is 2.27. The van der Waals surface area contributed by atoms with Gasteiger partial charge in [0.05, 0.1) is 29.4 Å². The Morgan fingerprint density at radius 2 is 2.25 bits per heavy atom. The minimum Gasteiger partial charge on any atom is -0.465 e. The summed E-state index contributed by atoms with van der Waals surface area (Å²) in [6, 6.07) is 5.45. The van der Waals surface area contributed by atoms with Gasteiger partial charge in [-0.3, -0.25) is 4.79 Å². The normalized spacial score (nSPS) is 23.1. The van der Waals surface area contributed by atoms with Crippen LogP contribution >= 0.6 is 23.2 Å². The number of hydrogen-bond acceptors (Lipinski definition) is 4. The molecule has 0 aromatic heterocycles. The molecule has 1 aliphatic heterocycles. The second-order valence-corrected chi connectivity index (χ2v) is 5.55. The number of esters is 1. The van der Waals surface area contributed by atoms with Crippen molar-refractivity contribution in [3.05, 3.63) is 33.8 Å². The zero-order chi connectivity index (χ0) is 14.5. The Morgan fingerprint density at radius 3 is 2.95 bits per heavy atom. The van der Waals surface area contributed by atoms with E-state index in [1.807, 2.05) is 6.07 Å². The van der Waals surface area contributed by atoms with E-state index in [-0.39, 0.29) is 18.0 Å². The summed E-state index contributed by atoms with van der Waals surface area (Å²) in [5.41, 5.74) is 0.945. The number of carbonyl (C=O) groups is 1. The lowest BCUT2D eigenvalue weighted by atomic mass is 9.96. The van der Waals surface area contributed by atoms with Crippen LogP contribution in [0.5, 0.6) is 0 Å². The minimum atomic E-state index is -0.290. The number of ether oxygens (including phenoxy) is 2. The van der Waals surface area contributed by atoms with Crippen LogP contribution in [0.25, 0.3) is 0 Å². The molecule has 1 heterocycles. The highest BCUT2D eigenvalue weighted by Crippen LogP contribution is 2.32. The number of halogens is 2. The van der Waals surface area contributed by atoms with Crippen molar-refractivity contribution >= 4 is 29.2 Å². The summed E-state index contributed by atoms with van der Waals surface area (Å²) in [4.78, 5) is 11.0. The summed E-state index contributed by atoms with van der Waals surface area (Å²) in [5, 5.41) is 4.28. The Labute approximate surface area is 128 Å². The van der Waals surface area contributed by atoms with E-state index in [9.17, 15) is 4.79 Å². The number of nitrogens with one attached hydrogen (secondary N) is 1. The van der Waals surface area contributed by atoms with Crippen molar-refractivity contribution in [1.82, 2.24) is 5.32 Å². The SMILES string of the molecule is CC(=O)OC[C@H]1CNCCOC1c1ccc(Cl)c(Cl)c1. The summed E-state index contributed by atoms with van der Waals surface area (Å²) in [6.45, 7) is 3.81. The molecule has 1 fully saturated rings. The first-order chi connectivity index (χ1) is 9.58. The van der Waals surface area contributed by atoms with E-state index in [1.54, 1.807) is 12.1 Å². The molecule has 20 heavy (non-hydrogen) atoms. The van der Waals surface area contributed by atoms with Crippen molar-refractivity contribution < 1.29 is 14.3 Å². The highest BCUT2D eigenvalue weighted by molar-refractivity contribution is 6.42. The van der Waals surface area contributed by atoms with Crippen LogP contribution in [0.1, 0.15) is 18.6 Å². The van der Waals surface area contributed by atoms with Crippen LogP contribution in [0.4, 0.5) is 0 Å². The van der Waals surface area contributed by atoms with E-state index < -0.39 is 0 Å². The van der Waals surface area contributed by atoms with Crippen molar-refractivity contribution in [2.45, 2.75) is 13.0 Å². The quantitative estimate of drug-likeness (QED) is 0.871. The summed E-state index contributed by atoms with van der Waals surface area (Å²) >= 11 is 12.0. The van der Waals surface area contributed by atoms with E-state index in [0.29, 0.717) is 23.3 Å². The van der Waals surface area contributed by atoms with E-state index in [0.717, 1.165) is 18.7 Å². The predicted octanol–water partition coefficient (Wildman–Crippen LogP) is 2.83. The van der Waals surface area contributed by atoms with Crippen molar-refractivity contribution in [2.24, 2.45) is 5.92 Å². The Hall–Kier alpha value is -0.810. The highest BCUT2D eigenvalue weighted by atomic mass is 35.5. The molecular weight excluding hydrogens is 301 g/mol. The first-order valence-corrected chi connectivity index (χ1v) is 7.24. The third-order valence-electron chi connectivity index (χ3n) is 3.18. The molecule has 1 aromatic rings. The van der Waals surface area contributed by atoms with Gasteiger partial charge in [0.15, 0.2) is 0 Å². The fourth-order valence-corrected chi connectivity index (χ4v) is 2.52. The van der Waals surface area contributed by atoms with Crippen LogP contribution in [-0.2, 0) is 14.3 Å². The van der Waals surface area contributed by atoms with Crippen LogP contribution < -0.4 is 5.32 Å². The van der Waals surface area contributed by atoms with Gasteiger partial charge in [0.1, 0.15) is 0 Å². The summed E-state index contributed by atoms with van der Waals surface area (Å²) in [5.74, 6) is -0.249. The summed E-state index contributed by atoms with van der Waals surface area (Å²) in [6.07, 6.45) is -0.167. The number of carbonyl (C=O) groups excluding carboxylic acids is 1. The Kier molecular flexibility index (Phi) is 5.66. The lowest BCUT2D eigenvalue weighted by molar-refractivity contribution is -0.143. The molecule has 0 bridgehead atoms. The zero-order valence-corrected chi connectivity index (χ0v) is 12.7. The Balaban J connectivity index is 2.18. The van der Waals surface area contributed by atoms with Gasteiger partial charge in [0.2, 0.25) is 0 Å². The van der Waals surface area contributed by atoms with Gasteiger partial charge >= 0.3 is 5.97 Å². The number of rotatable bonds is 3. The molecule has 1 aliphatic rings. The lowest BCUT2D eigenvalue weighted by Crippen LogP contribution is -2.29. The summed E-state index contributed by atoms with van der Waals surface area (Å²) < 4.78 is 11.0. The van der Waals surface area contributed by atoms with Crippen molar-refractivity contribution in [3.63, 3.8) is 0 Å². The molecule has 1 unspecified atom stereocenters. The van der Waals surface area contributed by atoms with E-state index in [2.05, 4.69) is 5.32 Å². The zero-order valence-electron chi connectivity index (χ0n) is 11.2. The molecule has 1 N–H and O–H groups in total. The molecule has 0 aliphatic carbocycles. The molecule has 4 nitrogen and oxygen atoms in total. The molecule has 0 saturated carbocycles. The van der Waals surface area contributed by atoms with Crippen LogP contribution in [0.2, 0.25) is 10.0 Å². The van der Waals surface area contributed by atoms with Crippen LogP contribution in [0.3, 0.4) is 0 Å². The van der Waals surface area contributed by atoms with Crippen LogP contribution in [0, 0.1) is 5.92 Å². The predicted molar refractivity (Wildman–Crippen MR) is 78.1 cm³/mol. The molecule has 6 heteroatoms. The lowest BCUT2D eigenvalue weighted by Gasteiger charge is -2.25.